The standard InChI is InChI=1S/C16H17F3N4O2S2/c1-10(13(24)20-12-4-2-3-11(9-12)16(17,18)19)26-15-22-21-14(27-15)23-5-7-25-8-6-23/h2-4,9-10H,5-8H2,1H3,(H,20,24). The average Bonchev–Trinajstić information content (AvgIpc) is 3.10. The van der Waals surface area contributed by atoms with E-state index in [1.807, 2.05) is 0 Å². The van der Waals surface area contributed by atoms with Crippen LogP contribution in [0.25, 0.3) is 0 Å². The number of nitrogens with one attached hydrogen (secondary N) is 1. The van der Waals surface area contributed by atoms with Crippen molar-refractivity contribution in [2.75, 3.05) is 36.5 Å². The highest BCUT2D eigenvalue weighted by Crippen LogP contribution is 2.33. The fraction of sp³-hybridized carbons (Fsp3) is 0.438. The van der Waals surface area contributed by atoms with Crippen molar-refractivity contribution in [3.63, 3.8) is 0 Å². The van der Waals surface area contributed by atoms with Gasteiger partial charge < -0.3 is 15.0 Å². The lowest BCUT2D eigenvalue weighted by atomic mass is 10.2. The number of amides is 1. The highest BCUT2D eigenvalue weighted by molar-refractivity contribution is 8.02. The molecule has 1 unspecified atom stereocenters. The molecule has 1 aromatic heterocycles. The predicted octanol–water partition coefficient (Wildman–Crippen LogP) is 3.51. The first kappa shape index (κ1) is 19.9. The summed E-state index contributed by atoms with van der Waals surface area (Å²) in [7, 11) is 0. The molecule has 6 nitrogen and oxygen atoms in total. The third kappa shape index (κ3) is 5.33. The number of halogens is 3. The van der Waals surface area contributed by atoms with Gasteiger partial charge in [0.15, 0.2) is 4.34 Å². The normalized spacial score (nSPS) is 16.2. The third-order valence-electron chi connectivity index (χ3n) is 3.78. The van der Waals surface area contributed by atoms with E-state index in [0.717, 1.165) is 30.4 Å². The van der Waals surface area contributed by atoms with Crippen LogP contribution in [0.5, 0.6) is 0 Å². The molecule has 3 rings (SSSR count). The number of benzene rings is 1. The lowest BCUT2D eigenvalue weighted by Gasteiger charge is -2.25. The van der Waals surface area contributed by atoms with Crippen LogP contribution >= 0.6 is 23.1 Å². The van der Waals surface area contributed by atoms with Gasteiger partial charge in [0, 0.05) is 18.8 Å². The molecule has 1 saturated heterocycles. The Bertz CT molecular complexity index is 794. The number of hydrogen-bond acceptors (Lipinski definition) is 7. The van der Waals surface area contributed by atoms with Crippen molar-refractivity contribution in [3.8, 4) is 0 Å². The Hall–Kier alpha value is -1.85. The second-order valence-electron chi connectivity index (χ2n) is 5.78. The number of alkyl halides is 3. The minimum Gasteiger partial charge on any atom is -0.378 e. The summed E-state index contributed by atoms with van der Waals surface area (Å²) >= 11 is 2.60. The first-order valence-corrected chi connectivity index (χ1v) is 9.83. The van der Waals surface area contributed by atoms with Gasteiger partial charge in [0.05, 0.1) is 24.0 Å². The van der Waals surface area contributed by atoms with Gasteiger partial charge in [0.2, 0.25) is 11.0 Å². The number of carbonyl (C=O) groups is 1. The molecule has 0 bridgehead atoms. The number of aromatic nitrogens is 2. The molecule has 27 heavy (non-hydrogen) atoms. The third-order valence-corrected chi connectivity index (χ3v) is 5.95. The van der Waals surface area contributed by atoms with Crippen molar-refractivity contribution in [1.82, 2.24) is 10.2 Å². The zero-order chi connectivity index (χ0) is 19.4. The van der Waals surface area contributed by atoms with Gasteiger partial charge in [-0.05, 0) is 25.1 Å². The van der Waals surface area contributed by atoms with Crippen LogP contribution in [0.2, 0.25) is 0 Å². The van der Waals surface area contributed by atoms with Crippen LogP contribution in [-0.4, -0.2) is 47.7 Å². The number of morpholine rings is 1. The van der Waals surface area contributed by atoms with Gasteiger partial charge in [0.25, 0.3) is 0 Å². The average molecular weight is 418 g/mol. The molecule has 0 aliphatic carbocycles. The molecule has 0 saturated carbocycles. The van der Waals surface area contributed by atoms with Crippen LogP contribution in [-0.2, 0) is 15.7 Å². The van der Waals surface area contributed by atoms with E-state index >= 15 is 0 Å². The van der Waals surface area contributed by atoms with Crippen molar-refractivity contribution >= 4 is 39.8 Å². The highest BCUT2D eigenvalue weighted by Gasteiger charge is 2.30. The van der Waals surface area contributed by atoms with Crippen molar-refractivity contribution in [2.24, 2.45) is 0 Å². The zero-order valence-corrected chi connectivity index (χ0v) is 16.0. The number of anilines is 2. The van der Waals surface area contributed by atoms with Crippen LogP contribution in [0.1, 0.15) is 12.5 Å². The maximum absolute atomic E-state index is 12.8. The molecule has 1 atom stereocenters. The summed E-state index contributed by atoms with van der Waals surface area (Å²) < 4.78 is 44.2. The van der Waals surface area contributed by atoms with Gasteiger partial charge in [-0.25, -0.2) is 0 Å². The maximum Gasteiger partial charge on any atom is 0.416 e. The molecule has 146 valence electrons. The van der Waals surface area contributed by atoms with E-state index in [-0.39, 0.29) is 5.69 Å². The summed E-state index contributed by atoms with van der Waals surface area (Å²) in [6, 6.07) is 4.56. The Balaban J connectivity index is 1.59. The van der Waals surface area contributed by atoms with E-state index in [4.69, 9.17) is 4.74 Å². The summed E-state index contributed by atoms with van der Waals surface area (Å²) in [4.78, 5) is 14.4. The molecule has 1 fully saturated rings. The summed E-state index contributed by atoms with van der Waals surface area (Å²) in [5.41, 5.74) is -0.701. The molecule has 1 N–H and O–H groups in total. The van der Waals surface area contributed by atoms with Crippen molar-refractivity contribution < 1.29 is 22.7 Å². The Morgan fingerprint density at radius 1 is 1.33 bits per heavy atom. The second-order valence-corrected chi connectivity index (χ2v) is 8.32. The van der Waals surface area contributed by atoms with E-state index in [1.165, 1.54) is 35.2 Å². The molecule has 1 aliphatic rings. The van der Waals surface area contributed by atoms with Gasteiger partial charge in [-0.2, -0.15) is 13.2 Å². The SMILES string of the molecule is CC(Sc1nnc(N2CCOCC2)s1)C(=O)Nc1cccc(C(F)(F)F)c1. The van der Waals surface area contributed by atoms with E-state index < -0.39 is 22.9 Å². The van der Waals surface area contributed by atoms with Crippen LogP contribution in [0.15, 0.2) is 28.6 Å². The van der Waals surface area contributed by atoms with Crippen LogP contribution < -0.4 is 10.2 Å². The molecule has 0 radical (unpaired) electrons. The predicted molar refractivity (Wildman–Crippen MR) is 98.3 cm³/mol. The lowest BCUT2D eigenvalue weighted by molar-refractivity contribution is -0.137. The number of rotatable bonds is 5. The number of ether oxygens (including phenoxy) is 1. The maximum atomic E-state index is 12.8. The second kappa shape index (κ2) is 8.44. The molecule has 1 amide bonds. The molecular weight excluding hydrogens is 401 g/mol. The van der Waals surface area contributed by atoms with Crippen molar-refractivity contribution in [1.29, 1.82) is 0 Å². The Morgan fingerprint density at radius 2 is 2.07 bits per heavy atom. The first-order chi connectivity index (χ1) is 12.8. The fourth-order valence-electron chi connectivity index (χ4n) is 2.35. The van der Waals surface area contributed by atoms with Gasteiger partial charge in [-0.3, -0.25) is 4.79 Å². The van der Waals surface area contributed by atoms with Gasteiger partial charge in [-0.15, -0.1) is 10.2 Å². The van der Waals surface area contributed by atoms with Crippen LogP contribution in [0, 0.1) is 0 Å². The molecule has 2 aromatic rings. The van der Waals surface area contributed by atoms with E-state index in [0.29, 0.717) is 17.6 Å². The van der Waals surface area contributed by atoms with Gasteiger partial charge in [-0.1, -0.05) is 29.2 Å². The van der Waals surface area contributed by atoms with E-state index in [2.05, 4.69) is 20.4 Å². The molecule has 2 heterocycles. The minimum absolute atomic E-state index is 0.105. The number of thioether (sulfide) groups is 1. The monoisotopic (exact) mass is 418 g/mol. The number of nitrogens with zero attached hydrogens (tertiary/aromatic N) is 3. The van der Waals surface area contributed by atoms with Crippen molar-refractivity contribution in [2.45, 2.75) is 22.7 Å². The van der Waals surface area contributed by atoms with E-state index in [1.54, 1.807) is 6.92 Å². The fourth-order valence-corrected chi connectivity index (χ4v) is 4.39. The molecular formula is C16H17F3N4O2S2. The van der Waals surface area contributed by atoms with Gasteiger partial charge >= 0.3 is 6.18 Å². The summed E-state index contributed by atoms with van der Waals surface area (Å²) in [6.07, 6.45) is -4.45. The molecule has 1 aliphatic heterocycles. The van der Waals surface area contributed by atoms with E-state index in [9.17, 15) is 18.0 Å². The largest absolute Gasteiger partial charge is 0.416 e. The summed E-state index contributed by atoms with van der Waals surface area (Å²) in [6.45, 7) is 4.43. The Labute approximate surface area is 162 Å². The first-order valence-electron chi connectivity index (χ1n) is 8.14. The molecule has 1 aromatic carbocycles. The van der Waals surface area contributed by atoms with Gasteiger partial charge in [0.1, 0.15) is 0 Å². The summed E-state index contributed by atoms with van der Waals surface area (Å²) in [5.74, 6) is -0.401. The Morgan fingerprint density at radius 3 is 2.78 bits per heavy atom. The molecule has 0 spiro atoms. The quantitative estimate of drug-likeness (QED) is 0.750. The lowest BCUT2D eigenvalue weighted by Crippen LogP contribution is -2.36. The summed E-state index contributed by atoms with van der Waals surface area (Å²) in [5, 5.41) is 11.0. The van der Waals surface area contributed by atoms with Crippen LogP contribution in [0.3, 0.4) is 0 Å². The highest BCUT2D eigenvalue weighted by atomic mass is 32.2. The molecule has 11 heteroatoms. The number of hydrogen-bond donors (Lipinski definition) is 1. The zero-order valence-electron chi connectivity index (χ0n) is 14.3. The minimum atomic E-state index is -4.45. The van der Waals surface area contributed by atoms with Crippen LogP contribution in [0.4, 0.5) is 24.0 Å². The number of carbonyl (C=O) groups excluding carboxylic acids is 1. The Kier molecular flexibility index (Phi) is 6.22. The smallest absolute Gasteiger partial charge is 0.378 e. The topological polar surface area (TPSA) is 67.3 Å². The van der Waals surface area contributed by atoms with Crippen molar-refractivity contribution in [3.05, 3.63) is 29.8 Å².